The lowest BCUT2D eigenvalue weighted by atomic mass is 9.89. The number of amides is 1. The van der Waals surface area contributed by atoms with E-state index in [1.807, 2.05) is 26.1 Å². The molecule has 5 nitrogen and oxygen atoms in total. The van der Waals surface area contributed by atoms with Gasteiger partial charge < -0.3 is 10.1 Å². The van der Waals surface area contributed by atoms with Crippen LogP contribution in [0.2, 0.25) is 0 Å². The zero-order chi connectivity index (χ0) is 25.1. The van der Waals surface area contributed by atoms with E-state index in [0.29, 0.717) is 23.2 Å². The van der Waals surface area contributed by atoms with Crippen LogP contribution in [0.1, 0.15) is 75.1 Å². The molecule has 2 fully saturated rings. The van der Waals surface area contributed by atoms with Crippen LogP contribution in [0.15, 0.2) is 35.3 Å². The third kappa shape index (κ3) is 5.73. The van der Waals surface area contributed by atoms with E-state index in [2.05, 4.69) is 58.7 Å². The number of rotatable bonds is 7. The van der Waals surface area contributed by atoms with Crippen molar-refractivity contribution in [3.8, 4) is 11.8 Å². The van der Waals surface area contributed by atoms with Gasteiger partial charge in [0.15, 0.2) is 0 Å². The number of anilines is 3. The maximum atomic E-state index is 13.4. The first-order valence-corrected chi connectivity index (χ1v) is 13.2. The molecule has 0 spiro atoms. The number of pyridine rings is 1. The van der Waals surface area contributed by atoms with Crippen molar-refractivity contribution in [2.75, 3.05) is 17.3 Å². The van der Waals surface area contributed by atoms with Gasteiger partial charge >= 0.3 is 5.91 Å². The Balaban J connectivity index is 1.75. The first kappa shape index (κ1) is 25.3. The lowest BCUT2D eigenvalue weighted by molar-refractivity contribution is -0.112. The molecule has 6 heteroatoms. The molecule has 184 valence electrons. The lowest BCUT2D eigenvalue weighted by Crippen LogP contribution is -2.27. The predicted molar refractivity (Wildman–Crippen MR) is 147 cm³/mol. The summed E-state index contributed by atoms with van der Waals surface area (Å²) < 4.78 is 7.33. The predicted octanol–water partition coefficient (Wildman–Crippen LogP) is 7.33. The quantitative estimate of drug-likeness (QED) is 0.298. The van der Waals surface area contributed by atoms with E-state index < -0.39 is 0 Å². The highest BCUT2D eigenvalue weighted by Crippen LogP contribution is 2.47. The average Bonchev–Trinajstić information content (AvgIpc) is 3.68. The summed E-state index contributed by atoms with van der Waals surface area (Å²) in [6.45, 7) is 10.2. The second kappa shape index (κ2) is 10.9. The van der Waals surface area contributed by atoms with Crippen LogP contribution in [0.4, 0.5) is 17.2 Å². The minimum atomic E-state index is -0.306. The van der Waals surface area contributed by atoms with Crippen molar-refractivity contribution in [3.05, 3.63) is 52.1 Å². The molecule has 0 unspecified atom stereocenters. The minimum Gasteiger partial charge on any atom is -0.489 e. The number of hydrogen-bond donors (Lipinski definition) is 1. The van der Waals surface area contributed by atoms with Gasteiger partial charge in [0.25, 0.3) is 0 Å². The van der Waals surface area contributed by atoms with Gasteiger partial charge in [0.1, 0.15) is 17.3 Å². The van der Waals surface area contributed by atoms with Gasteiger partial charge in [-0.25, -0.2) is 4.98 Å². The number of aromatic nitrogens is 1. The molecule has 2 aliphatic carbocycles. The van der Waals surface area contributed by atoms with E-state index >= 15 is 0 Å². The Morgan fingerprint density at radius 1 is 1.20 bits per heavy atom. The number of aryl methyl sites for hydroxylation is 1. The SMILES string of the molecule is C=C(OC1CCC(C)CC1)c1nc(N(C(=O)C#CC)c2cc(C)c(Br)cc2C2CC2)ccc1NC. The van der Waals surface area contributed by atoms with Crippen molar-refractivity contribution in [1.82, 2.24) is 4.98 Å². The topological polar surface area (TPSA) is 54.5 Å². The van der Waals surface area contributed by atoms with Gasteiger partial charge in [-0.05, 0) is 106 Å². The summed E-state index contributed by atoms with van der Waals surface area (Å²) in [4.78, 5) is 19.9. The summed E-state index contributed by atoms with van der Waals surface area (Å²) in [6, 6.07) is 7.97. The van der Waals surface area contributed by atoms with Crippen LogP contribution < -0.4 is 10.2 Å². The molecule has 1 heterocycles. The number of benzene rings is 1. The Morgan fingerprint density at radius 2 is 1.91 bits per heavy atom. The lowest BCUT2D eigenvalue weighted by Gasteiger charge is -2.28. The number of ether oxygens (including phenoxy) is 1. The molecule has 35 heavy (non-hydrogen) atoms. The highest BCUT2D eigenvalue weighted by molar-refractivity contribution is 9.10. The van der Waals surface area contributed by atoms with Gasteiger partial charge in [0.05, 0.1) is 17.5 Å². The Morgan fingerprint density at radius 3 is 2.54 bits per heavy atom. The van der Waals surface area contributed by atoms with E-state index in [4.69, 9.17) is 9.72 Å². The zero-order valence-electron chi connectivity index (χ0n) is 21.1. The fourth-order valence-corrected chi connectivity index (χ4v) is 5.05. The maximum Gasteiger partial charge on any atom is 0.308 e. The summed E-state index contributed by atoms with van der Waals surface area (Å²) in [5.74, 6) is 7.40. The van der Waals surface area contributed by atoms with Gasteiger partial charge in [0.2, 0.25) is 0 Å². The molecule has 1 aromatic heterocycles. The molecule has 0 radical (unpaired) electrons. The number of hydrogen-bond acceptors (Lipinski definition) is 4. The second-order valence-electron chi connectivity index (χ2n) is 9.69. The zero-order valence-corrected chi connectivity index (χ0v) is 22.7. The van der Waals surface area contributed by atoms with Gasteiger partial charge in [-0.2, -0.15) is 0 Å². The highest BCUT2D eigenvalue weighted by atomic mass is 79.9. The minimum absolute atomic E-state index is 0.146. The van der Waals surface area contributed by atoms with Gasteiger partial charge in [-0.15, -0.1) is 0 Å². The van der Waals surface area contributed by atoms with Crippen LogP contribution in [0.5, 0.6) is 0 Å². The molecule has 1 N–H and O–H groups in total. The van der Waals surface area contributed by atoms with Crippen LogP contribution in [-0.2, 0) is 9.53 Å². The van der Waals surface area contributed by atoms with E-state index in [1.165, 1.54) is 0 Å². The molecule has 0 aliphatic heterocycles. The Bertz CT molecular complexity index is 1180. The molecular weight excluding hydrogens is 502 g/mol. The average molecular weight is 537 g/mol. The first-order valence-electron chi connectivity index (χ1n) is 12.4. The van der Waals surface area contributed by atoms with Gasteiger partial charge in [-0.3, -0.25) is 9.69 Å². The molecule has 0 bridgehead atoms. The monoisotopic (exact) mass is 535 g/mol. The third-order valence-electron chi connectivity index (χ3n) is 6.92. The fourth-order valence-electron chi connectivity index (χ4n) is 4.69. The number of nitrogens with zero attached hydrogens (tertiary/aromatic N) is 2. The Labute approximate surface area is 217 Å². The Hall–Kier alpha value is -2.78. The van der Waals surface area contributed by atoms with Crippen molar-refractivity contribution in [1.29, 1.82) is 0 Å². The number of carbonyl (C=O) groups excluding carboxylic acids is 1. The number of carbonyl (C=O) groups is 1. The molecule has 1 amide bonds. The summed E-state index contributed by atoms with van der Waals surface area (Å²) in [5.41, 5.74) is 4.46. The van der Waals surface area contributed by atoms with Crippen LogP contribution >= 0.6 is 15.9 Å². The van der Waals surface area contributed by atoms with Crippen LogP contribution in [0.3, 0.4) is 0 Å². The molecule has 4 rings (SSSR count). The normalized spacial score (nSPS) is 19.3. The molecule has 2 saturated carbocycles. The largest absolute Gasteiger partial charge is 0.489 e. The summed E-state index contributed by atoms with van der Waals surface area (Å²) in [6.07, 6.45) is 6.75. The van der Waals surface area contributed by atoms with Crippen molar-refractivity contribution in [3.63, 3.8) is 0 Å². The number of nitrogens with one attached hydrogen (secondary N) is 1. The maximum absolute atomic E-state index is 13.4. The van der Waals surface area contributed by atoms with Crippen molar-refractivity contribution in [2.24, 2.45) is 5.92 Å². The van der Waals surface area contributed by atoms with E-state index in [-0.39, 0.29) is 12.0 Å². The second-order valence-corrected chi connectivity index (χ2v) is 10.5. The van der Waals surface area contributed by atoms with Gasteiger partial charge in [0, 0.05) is 11.5 Å². The van der Waals surface area contributed by atoms with Crippen LogP contribution in [-0.4, -0.2) is 24.0 Å². The molecular formula is C29H34BrN3O2. The van der Waals surface area contributed by atoms with Crippen LogP contribution in [0, 0.1) is 24.7 Å². The van der Waals surface area contributed by atoms with E-state index in [0.717, 1.165) is 71.4 Å². The van der Waals surface area contributed by atoms with Crippen molar-refractivity contribution < 1.29 is 9.53 Å². The van der Waals surface area contributed by atoms with Gasteiger partial charge in [-0.1, -0.05) is 35.4 Å². The highest BCUT2D eigenvalue weighted by Gasteiger charge is 2.31. The van der Waals surface area contributed by atoms with E-state index in [1.54, 1.807) is 11.8 Å². The van der Waals surface area contributed by atoms with Crippen molar-refractivity contribution in [2.45, 2.75) is 71.3 Å². The summed E-state index contributed by atoms with van der Waals surface area (Å²) in [7, 11) is 1.85. The summed E-state index contributed by atoms with van der Waals surface area (Å²) in [5, 5.41) is 3.20. The molecule has 1 aromatic carbocycles. The van der Waals surface area contributed by atoms with E-state index in [9.17, 15) is 4.79 Å². The Kier molecular flexibility index (Phi) is 7.86. The summed E-state index contributed by atoms with van der Waals surface area (Å²) >= 11 is 3.67. The molecule has 2 aromatic rings. The third-order valence-corrected chi connectivity index (χ3v) is 7.77. The number of halogens is 1. The standard InChI is InChI=1S/C29H34BrN3O2/c1-6-7-28(34)33(26-16-19(3)24(30)17-23(26)21-10-11-21)27-15-14-25(31-5)29(32-27)20(4)35-22-12-8-18(2)9-13-22/h14-18,21-22,31H,4,8-13H2,1-3,5H3. The smallest absolute Gasteiger partial charge is 0.308 e. The first-order chi connectivity index (χ1) is 16.8. The molecule has 2 aliphatic rings. The molecule has 0 saturated heterocycles. The fraction of sp³-hybridized carbons (Fsp3) is 0.448. The van der Waals surface area contributed by atoms with Crippen LogP contribution in [0.25, 0.3) is 5.76 Å². The molecule has 0 atom stereocenters. The van der Waals surface area contributed by atoms with Crippen molar-refractivity contribution >= 4 is 44.8 Å².